The minimum atomic E-state index is -0.421. The molecule has 0 radical (unpaired) electrons. The van der Waals surface area contributed by atoms with Gasteiger partial charge in [-0.1, -0.05) is 0 Å². The summed E-state index contributed by atoms with van der Waals surface area (Å²) in [5.74, 6) is 0.653. The molecule has 27 heavy (non-hydrogen) atoms. The zero-order valence-electron chi connectivity index (χ0n) is 15.4. The molecule has 2 aromatic rings. The second-order valence-corrected chi connectivity index (χ2v) is 7.35. The van der Waals surface area contributed by atoms with Crippen LogP contribution in [0.2, 0.25) is 0 Å². The summed E-state index contributed by atoms with van der Waals surface area (Å²) in [6.45, 7) is 4.91. The Labute approximate surface area is 158 Å². The van der Waals surface area contributed by atoms with Gasteiger partial charge in [0.05, 0.1) is 12.4 Å². The lowest BCUT2D eigenvalue weighted by Gasteiger charge is -2.34. The van der Waals surface area contributed by atoms with Crippen LogP contribution in [0.3, 0.4) is 0 Å². The number of anilines is 1. The van der Waals surface area contributed by atoms with Crippen molar-refractivity contribution in [3.8, 4) is 11.8 Å². The van der Waals surface area contributed by atoms with Gasteiger partial charge in [-0.15, -0.1) is 0 Å². The molecule has 0 bridgehead atoms. The normalized spacial score (nSPS) is 17.9. The quantitative estimate of drug-likeness (QED) is 0.831. The number of fused-ring (bicyclic) bond motifs is 1. The van der Waals surface area contributed by atoms with Crippen molar-refractivity contribution in [3.63, 3.8) is 0 Å². The maximum Gasteiger partial charge on any atom is 0.225 e. The SMILES string of the molecule is Oc1c2c(c(O)n1CCCN1CCN(c3ncc(F)cn3)CC1)CCCC2. The lowest BCUT2D eigenvalue weighted by atomic mass is 9.95. The van der Waals surface area contributed by atoms with Crippen LogP contribution in [0.25, 0.3) is 0 Å². The number of nitrogens with zero attached hydrogens (tertiary/aromatic N) is 5. The molecule has 1 fully saturated rings. The number of halogens is 1. The minimum Gasteiger partial charge on any atom is -0.494 e. The molecule has 8 heteroatoms. The Kier molecular flexibility index (Phi) is 5.15. The van der Waals surface area contributed by atoms with Crippen LogP contribution < -0.4 is 4.90 Å². The maximum atomic E-state index is 12.9. The second kappa shape index (κ2) is 7.72. The lowest BCUT2D eigenvalue weighted by Crippen LogP contribution is -2.47. The molecule has 1 aliphatic heterocycles. The van der Waals surface area contributed by atoms with Crippen LogP contribution in [0.15, 0.2) is 12.4 Å². The Morgan fingerprint density at radius 1 is 0.889 bits per heavy atom. The molecule has 3 heterocycles. The van der Waals surface area contributed by atoms with E-state index in [4.69, 9.17) is 0 Å². The third kappa shape index (κ3) is 3.71. The molecule has 0 spiro atoms. The predicted molar refractivity (Wildman–Crippen MR) is 99.7 cm³/mol. The van der Waals surface area contributed by atoms with E-state index in [1.54, 1.807) is 4.57 Å². The first kappa shape index (κ1) is 18.0. The molecule has 0 unspecified atom stereocenters. The van der Waals surface area contributed by atoms with Gasteiger partial charge in [-0.05, 0) is 38.6 Å². The lowest BCUT2D eigenvalue weighted by molar-refractivity contribution is 0.245. The molecular weight excluding hydrogens is 349 g/mol. The standard InChI is InChI=1S/C19H26FN5O2/c20-14-12-21-19(22-13-14)24-10-8-23(9-11-24)6-3-7-25-17(26)15-4-1-2-5-16(15)18(25)27/h12-13,26-27H,1-11H2. The molecule has 2 aliphatic rings. The fourth-order valence-electron chi connectivity index (χ4n) is 4.13. The van der Waals surface area contributed by atoms with Gasteiger partial charge >= 0.3 is 0 Å². The van der Waals surface area contributed by atoms with E-state index < -0.39 is 5.82 Å². The molecule has 0 aromatic carbocycles. The van der Waals surface area contributed by atoms with Gasteiger partial charge in [0.25, 0.3) is 0 Å². The second-order valence-electron chi connectivity index (χ2n) is 7.35. The van der Waals surface area contributed by atoms with E-state index in [-0.39, 0.29) is 11.8 Å². The Balaban J connectivity index is 1.27. The van der Waals surface area contributed by atoms with E-state index in [1.807, 2.05) is 0 Å². The summed E-state index contributed by atoms with van der Waals surface area (Å²) in [6, 6.07) is 0. The molecule has 7 nitrogen and oxygen atoms in total. The summed E-state index contributed by atoms with van der Waals surface area (Å²) in [4.78, 5) is 12.5. The van der Waals surface area contributed by atoms with Crippen LogP contribution in [0.4, 0.5) is 10.3 Å². The highest BCUT2D eigenvalue weighted by molar-refractivity contribution is 5.46. The molecule has 1 aliphatic carbocycles. The summed E-state index contributed by atoms with van der Waals surface area (Å²) in [6.07, 6.45) is 7.12. The molecular formula is C19H26FN5O2. The van der Waals surface area contributed by atoms with Crippen LogP contribution in [0.5, 0.6) is 11.8 Å². The van der Waals surface area contributed by atoms with Gasteiger partial charge < -0.3 is 15.1 Å². The maximum absolute atomic E-state index is 12.9. The Bertz CT molecular complexity index is 755. The van der Waals surface area contributed by atoms with Gasteiger partial charge in [-0.25, -0.2) is 14.4 Å². The highest BCUT2D eigenvalue weighted by atomic mass is 19.1. The van der Waals surface area contributed by atoms with Crippen LogP contribution in [-0.2, 0) is 19.4 Å². The molecule has 0 atom stereocenters. The number of piperazine rings is 1. The monoisotopic (exact) mass is 375 g/mol. The fraction of sp³-hybridized carbons (Fsp3) is 0.579. The first-order chi connectivity index (χ1) is 13.1. The van der Waals surface area contributed by atoms with Crippen molar-refractivity contribution in [1.29, 1.82) is 0 Å². The third-order valence-electron chi connectivity index (χ3n) is 5.64. The van der Waals surface area contributed by atoms with E-state index in [1.165, 1.54) is 12.4 Å². The van der Waals surface area contributed by atoms with Crippen molar-refractivity contribution in [2.45, 2.75) is 38.6 Å². The van der Waals surface area contributed by atoms with Gasteiger partial charge in [0.15, 0.2) is 17.6 Å². The average molecular weight is 375 g/mol. The summed E-state index contributed by atoms with van der Waals surface area (Å²) in [7, 11) is 0. The Hall–Kier alpha value is -2.35. The number of aromatic nitrogens is 3. The van der Waals surface area contributed by atoms with E-state index in [2.05, 4.69) is 19.8 Å². The third-order valence-corrected chi connectivity index (χ3v) is 5.64. The van der Waals surface area contributed by atoms with Crippen molar-refractivity contribution in [2.24, 2.45) is 0 Å². The smallest absolute Gasteiger partial charge is 0.225 e. The molecule has 1 saturated heterocycles. The number of aromatic hydroxyl groups is 2. The Morgan fingerprint density at radius 3 is 2.07 bits per heavy atom. The van der Waals surface area contributed by atoms with Crippen molar-refractivity contribution in [3.05, 3.63) is 29.3 Å². The summed E-state index contributed by atoms with van der Waals surface area (Å²) in [5.41, 5.74) is 1.87. The van der Waals surface area contributed by atoms with Crippen LogP contribution in [0.1, 0.15) is 30.4 Å². The summed E-state index contributed by atoms with van der Waals surface area (Å²) >= 11 is 0. The van der Waals surface area contributed by atoms with E-state index in [9.17, 15) is 14.6 Å². The topological polar surface area (TPSA) is 77.7 Å². The molecule has 2 aromatic heterocycles. The first-order valence-corrected chi connectivity index (χ1v) is 9.70. The summed E-state index contributed by atoms with van der Waals surface area (Å²) in [5, 5.41) is 20.8. The van der Waals surface area contributed by atoms with E-state index >= 15 is 0 Å². The van der Waals surface area contributed by atoms with Crippen LogP contribution in [-0.4, -0.2) is 62.4 Å². The van der Waals surface area contributed by atoms with Crippen molar-refractivity contribution in [1.82, 2.24) is 19.4 Å². The zero-order valence-corrected chi connectivity index (χ0v) is 15.4. The average Bonchev–Trinajstić information content (AvgIpc) is 2.94. The van der Waals surface area contributed by atoms with Gasteiger partial charge in [-0.3, -0.25) is 9.47 Å². The van der Waals surface area contributed by atoms with Gasteiger partial charge in [-0.2, -0.15) is 0 Å². The van der Waals surface area contributed by atoms with Crippen LogP contribution in [0, 0.1) is 5.82 Å². The first-order valence-electron chi connectivity index (χ1n) is 9.70. The predicted octanol–water partition coefficient (Wildman–Crippen LogP) is 1.92. The number of hydrogen-bond donors (Lipinski definition) is 2. The largest absolute Gasteiger partial charge is 0.494 e. The highest BCUT2D eigenvalue weighted by Crippen LogP contribution is 2.38. The number of hydrogen-bond acceptors (Lipinski definition) is 6. The van der Waals surface area contributed by atoms with Crippen molar-refractivity contribution < 1.29 is 14.6 Å². The number of rotatable bonds is 5. The van der Waals surface area contributed by atoms with E-state index in [0.717, 1.165) is 76.0 Å². The molecule has 0 saturated carbocycles. The van der Waals surface area contributed by atoms with Crippen molar-refractivity contribution >= 4 is 5.95 Å². The summed E-state index contributed by atoms with van der Waals surface area (Å²) < 4.78 is 14.6. The van der Waals surface area contributed by atoms with E-state index in [0.29, 0.717) is 12.5 Å². The Morgan fingerprint density at radius 2 is 1.48 bits per heavy atom. The van der Waals surface area contributed by atoms with Gasteiger partial charge in [0.1, 0.15) is 0 Å². The zero-order chi connectivity index (χ0) is 18.8. The van der Waals surface area contributed by atoms with Gasteiger partial charge in [0.2, 0.25) is 5.95 Å². The molecule has 2 N–H and O–H groups in total. The molecule has 0 amide bonds. The highest BCUT2D eigenvalue weighted by Gasteiger charge is 2.24. The van der Waals surface area contributed by atoms with Crippen molar-refractivity contribution in [2.75, 3.05) is 37.6 Å². The molecule has 146 valence electrons. The van der Waals surface area contributed by atoms with Gasteiger partial charge in [0, 0.05) is 43.9 Å². The van der Waals surface area contributed by atoms with Crippen LogP contribution >= 0.6 is 0 Å². The fourth-order valence-corrected chi connectivity index (χ4v) is 4.13. The minimum absolute atomic E-state index is 0.250. The molecule has 4 rings (SSSR count).